The van der Waals surface area contributed by atoms with Crippen molar-refractivity contribution in [2.45, 2.75) is 0 Å². The monoisotopic (exact) mass is 230 g/mol. The molecule has 0 atom stereocenters. The summed E-state index contributed by atoms with van der Waals surface area (Å²) in [6.07, 6.45) is 0. The summed E-state index contributed by atoms with van der Waals surface area (Å²) < 4.78 is 31.6. The molecule has 0 heterocycles. The summed E-state index contributed by atoms with van der Waals surface area (Å²) in [5.41, 5.74) is 0. The van der Waals surface area contributed by atoms with Crippen molar-refractivity contribution in [2.75, 3.05) is 0 Å². The molecular weight excluding hydrogens is 216 g/mol. The third kappa shape index (κ3) is 5850. The van der Waals surface area contributed by atoms with Crippen LogP contribution in [0.25, 0.3) is 0 Å². The highest BCUT2D eigenvalue weighted by molar-refractivity contribution is 7.79. The molecule has 12 heteroatoms. The predicted octanol–water partition coefficient (Wildman–Crippen LogP) is -5.98. The zero-order valence-electron chi connectivity index (χ0n) is 5.83. The number of hydrogen-bond donors (Lipinski definition) is 2. The first kappa shape index (κ1) is 83.3. The van der Waals surface area contributed by atoms with Crippen LogP contribution in [0.1, 0.15) is 0 Å². The van der Waals surface area contributed by atoms with E-state index in [2.05, 4.69) is 0 Å². The minimum absolute atomic E-state index is 0. The maximum absolute atomic E-state index is 8.74. The Kier molecular flexibility index (Phi) is 209. The summed E-state index contributed by atoms with van der Waals surface area (Å²) in [6, 6.07) is 0. The average Bonchev–Trinajstić information content (AvgIpc) is 0.722. The van der Waals surface area contributed by atoms with Gasteiger partial charge in [0.15, 0.2) is 0 Å². The molecular formula is H14MgO10S. The second-order valence-corrected chi connectivity index (χ2v) is 1.34. The largest absolute Gasteiger partial charge is 0.412 e. The predicted molar refractivity (Wildman–Crippen MR) is 41.6 cm³/mol. The second kappa shape index (κ2) is 30.1. The van der Waals surface area contributed by atoms with Gasteiger partial charge in [0.25, 0.3) is 0 Å². The Morgan fingerprint density at radius 2 is 0.667 bits per heavy atom. The first-order valence-corrected chi connectivity index (χ1v) is 2.10. The van der Waals surface area contributed by atoms with Crippen LogP contribution >= 0.6 is 0 Å². The standard InChI is InChI=1S/Mg.H2O4S.6H2O/c;1-5(2,3)4;;;;;;/h;(H2,1,2,3,4);6*1H2. The van der Waals surface area contributed by atoms with Gasteiger partial charge in [-0.2, -0.15) is 8.42 Å². The summed E-state index contributed by atoms with van der Waals surface area (Å²) in [5, 5.41) is 0. The molecule has 0 unspecified atom stereocenters. The van der Waals surface area contributed by atoms with E-state index in [0.29, 0.717) is 0 Å². The van der Waals surface area contributed by atoms with Gasteiger partial charge >= 0.3 is 10.4 Å². The summed E-state index contributed by atoms with van der Waals surface area (Å²) in [6.45, 7) is 0. The van der Waals surface area contributed by atoms with Crippen LogP contribution in [-0.2, 0) is 10.4 Å². The fourth-order valence-corrected chi connectivity index (χ4v) is 0. The van der Waals surface area contributed by atoms with E-state index < -0.39 is 10.4 Å². The molecule has 0 amide bonds. The van der Waals surface area contributed by atoms with Gasteiger partial charge in [-0.15, -0.1) is 0 Å². The maximum Gasteiger partial charge on any atom is 0.394 e. The van der Waals surface area contributed by atoms with Crippen LogP contribution in [-0.4, -0.2) is 73.4 Å². The topological polar surface area (TPSA) is 264 Å². The molecule has 0 aromatic heterocycles. The highest BCUT2D eigenvalue weighted by Crippen LogP contribution is 1.59. The highest BCUT2D eigenvalue weighted by atomic mass is 32.3. The van der Waals surface area contributed by atoms with Crippen molar-refractivity contribution in [3.63, 3.8) is 0 Å². The fraction of sp³-hybridized carbons (Fsp3) is 0. The molecule has 0 rings (SSSR count). The Labute approximate surface area is 84.2 Å². The molecule has 82 valence electrons. The van der Waals surface area contributed by atoms with Gasteiger partial charge in [0.2, 0.25) is 0 Å². The zero-order chi connectivity index (χ0) is 4.50. The molecule has 0 spiro atoms. The molecule has 14 N–H and O–H groups in total. The Morgan fingerprint density at radius 3 is 0.667 bits per heavy atom. The lowest BCUT2D eigenvalue weighted by Gasteiger charge is -1.68. The Hall–Kier alpha value is 0.396. The Bertz CT molecular complexity index is 93.0. The molecule has 0 aliphatic rings. The van der Waals surface area contributed by atoms with Crippen LogP contribution in [0.4, 0.5) is 0 Å². The molecule has 0 saturated heterocycles. The molecule has 0 saturated carbocycles. The van der Waals surface area contributed by atoms with E-state index in [-0.39, 0.29) is 55.9 Å². The summed E-state index contributed by atoms with van der Waals surface area (Å²) in [4.78, 5) is 0. The van der Waals surface area contributed by atoms with Gasteiger partial charge in [-0.1, -0.05) is 0 Å². The van der Waals surface area contributed by atoms with Crippen LogP contribution in [0.15, 0.2) is 0 Å². The third-order valence-corrected chi connectivity index (χ3v) is 0. The first-order chi connectivity index (χ1) is 2.00. The molecule has 0 aromatic rings. The lowest BCUT2D eigenvalue weighted by Crippen LogP contribution is -1.89. The van der Waals surface area contributed by atoms with E-state index in [4.69, 9.17) is 17.5 Å². The number of rotatable bonds is 0. The van der Waals surface area contributed by atoms with Gasteiger partial charge in [0, 0.05) is 23.1 Å². The molecule has 0 aliphatic carbocycles. The van der Waals surface area contributed by atoms with Crippen molar-refractivity contribution >= 4 is 33.5 Å². The molecule has 0 aliphatic heterocycles. The van der Waals surface area contributed by atoms with E-state index in [1.165, 1.54) is 0 Å². The average molecular weight is 230 g/mol. The SMILES string of the molecule is O.O.O.O.O.O.O=S(=O)(O)O.[Mg]. The molecule has 0 bridgehead atoms. The summed E-state index contributed by atoms with van der Waals surface area (Å²) in [7, 11) is -4.67. The van der Waals surface area contributed by atoms with E-state index in [1.54, 1.807) is 0 Å². The minimum Gasteiger partial charge on any atom is -0.412 e. The Balaban J connectivity index is -0.00000000381. The van der Waals surface area contributed by atoms with E-state index in [9.17, 15) is 0 Å². The van der Waals surface area contributed by atoms with Gasteiger partial charge in [0.05, 0.1) is 0 Å². The van der Waals surface area contributed by atoms with Gasteiger partial charge in [0.1, 0.15) is 0 Å². The lowest BCUT2D eigenvalue weighted by molar-refractivity contribution is 0.381. The van der Waals surface area contributed by atoms with Crippen LogP contribution in [0, 0.1) is 0 Å². The van der Waals surface area contributed by atoms with Crippen LogP contribution in [0.5, 0.6) is 0 Å². The van der Waals surface area contributed by atoms with Crippen LogP contribution in [0.3, 0.4) is 0 Å². The zero-order valence-corrected chi connectivity index (χ0v) is 8.06. The first-order valence-electron chi connectivity index (χ1n) is 0.698. The minimum atomic E-state index is -4.67. The summed E-state index contributed by atoms with van der Waals surface area (Å²) >= 11 is 0. The molecule has 12 heavy (non-hydrogen) atoms. The van der Waals surface area contributed by atoms with Crippen molar-refractivity contribution in [2.24, 2.45) is 0 Å². The molecule has 2 radical (unpaired) electrons. The van der Waals surface area contributed by atoms with Gasteiger partial charge in [-0.05, 0) is 0 Å². The van der Waals surface area contributed by atoms with Crippen LogP contribution in [0.2, 0.25) is 0 Å². The van der Waals surface area contributed by atoms with Gasteiger partial charge < -0.3 is 32.9 Å². The van der Waals surface area contributed by atoms with Gasteiger partial charge in [-0.25, -0.2) is 0 Å². The van der Waals surface area contributed by atoms with E-state index >= 15 is 0 Å². The normalized spacial score (nSPS) is 4.83. The van der Waals surface area contributed by atoms with Crippen molar-refractivity contribution in [3.05, 3.63) is 0 Å². The maximum atomic E-state index is 8.74. The van der Waals surface area contributed by atoms with E-state index in [1.807, 2.05) is 0 Å². The summed E-state index contributed by atoms with van der Waals surface area (Å²) in [5.74, 6) is 0. The lowest BCUT2D eigenvalue weighted by atomic mass is 15.8. The number of hydrogen-bond acceptors (Lipinski definition) is 2. The molecule has 0 aromatic carbocycles. The van der Waals surface area contributed by atoms with Crippen molar-refractivity contribution in [3.8, 4) is 0 Å². The highest BCUT2D eigenvalue weighted by Gasteiger charge is 1.84. The van der Waals surface area contributed by atoms with Gasteiger partial charge in [-0.3, -0.25) is 9.11 Å². The third-order valence-electron chi connectivity index (χ3n) is 0. The fourth-order valence-electron chi connectivity index (χ4n) is 0. The smallest absolute Gasteiger partial charge is 0.394 e. The quantitative estimate of drug-likeness (QED) is 0.303. The molecule has 10 nitrogen and oxygen atoms in total. The van der Waals surface area contributed by atoms with Crippen molar-refractivity contribution < 1.29 is 50.4 Å². The Morgan fingerprint density at radius 1 is 0.667 bits per heavy atom. The van der Waals surface area contributed by atoms with Crippen LogP contribution < -0.4 is 0 Å². The second-order valence-electron chi connectivity index (χ2n) is 0.448. The van der Waals surface area contributed by atoms with E-state index in [0.717, 1.165) is 0 Å². The van der Waals surface area contributed by atoms with Crippen molar-refractivity contribution in [1.29, 1.82) is 0 Å². The van der Waals surface area contributed by atoms with Crippen molar-refractivity contribution in [1.82, 2.24) is 0 Å². The molecule has 0 fully saturated rings.